The van der Waals surface area contributed by atoms with Crippen molar-refractivity contribution in [3.63, 3.8) is 0 Å². The third-order valence-electron chi connectivity index (χ3n) is 2.32. The Morgan fingerprint density at radius 1 is 1.18 bits per heavy atom. The van der Waals surface area contributed by atoms with Crippen LogP contribution in [0.4, 0.5) is 13.2 Å². The molecule has 0 unspecified atom stereocenters. The van der Waals surface area contributed by atoms with Crippen molar-refractivity contribution in [2.24, 2.45) is 0 Å². The Labute approximate surface area is 95.3 Å². The molecule has 0 N–H and O–H groups in total. The van der Waals surface area contributed by atoms with E-state index in [4.69, 9.17) is 4.52 Å². The first-order chi connectivity index (χ1) is 7.88. The smallest absolute Gasteiger partial charge is 0.334 e. The number of nitrogens with zero attached hydrogens (tertiary/aromatic N) is 2. The summed E-state index contributed by atoms with van der Waals surface area (Å²) >= 11 is 0. The number of halogens is 3. The van der Waals surface area contributed by atoms with Crippen molar-refractivity contribution in [3.05, 3.63) is 35.2 Å². The maximum absolute atomic E-state index is 12.7. The van der Waals surface area contributed by atoms with Crippen LogP contribution in [0.2, 0.25) is 0 Å². The molecule has 1 heterocycles. The second-order valence-corrected chi connectivity index (χ2v) is 3.67. The Bertz CT molecular complexity index is 546. The number of benzene rings is 1. The number of hydrogen-bond donors (Lipinski definition) is 0. The highest BCUT2D eigenvalue weighted by Crippen LogP contribution is 2.34. The summed E-state index contributed by atoms with van der Waals surface area (Å²) in [5.41, 5.74) is -0.258. The largest absolute Gasteiger partial charge is 0.416 e. The summed E-state index contributed by atoms with van der Waals surface area (Å²) in [5, 5.41) is 3.54. The molecule has 0 saturated heterocycles. The molecule has 1 aromatic heterocycles. The van der Waals surface area contributed by atoms with Gasteiger partial charge >= 0.3 is 6.18 Å². The van der Waals surface area contributed by atoms with Crippen LogP contribution in [-0.2, 0) is 6.18 Å². The summed E-state index contributed by atoms with van der Waals surface area (Å²) in [7, 11) is 0. The molecule has 2 aromatic rings. The second-order valence-electron chi connectivity index (χ2n) is 3.67. The van der Waals surface area contributed by atoms with Crippen molar-refractivity contribution in [1.29, 1.82) is 0 Å². The Morgan fingerprint density at radius 2 is 1.88 bits per heavy atom. The van der Waals surface area contributed by atoms with E-state index >= 15 is 0 Å². The molecule has 17 heavy (non-hydrogen) atoms. The molecule has 0 amide bonds. The zero-order valence-electron chi connectivity index (χ0n) is 9.17. The van der Waals surface area contributed by atoms with Gasteiger partial charge < -0.3 is 4.52 Å². The lowest BCUT2D eigenvalue weighted by atomic mass is 10.0. The highest BCUT2D eigenvalue weighted by Gasteiger charge is 2.32. The van der Waals surface area contributed by atoms with E-state index in [0.29, 0.717) is 5.82 Å². The van der Waals surface area contributed by atoms with Gasteiger partial charge in [-0.15, -0.1) is 0 Å². The lowest BCUT2D eigenvalue weighted by molar-refractivity contribution is -0.138. The number of aromatic nitrogens is 2. The number of hydrogen-bond acceptors (Lipinski definition) is 3. The van der Waals surface area contributed by atoms with Gasteiger partial charge in [0.1, 0.15) is 0 Å². The van der Waals surface area contributed by atoms with Crippen LogP contribution in [0.15, 0.2) is 22.7 Å². The summed E-state index contributed by atoms with van der Waals surface area (Å²) in [6.07, 6.45) is -4.38. The van der Waals surface area contributed by atoms with Crippen molar-refractivity contribution in [2.75, 3.05) is 0 Å². The summed E-state index contributed by atoms with van der Waals surface area (Å²) in [5.74, 6) is 0.474. The van der Waals surface area contributed by atoms with Crippen LogP contribution < -0.4 is 0 Å². The van der Waals surface area contributed by atoms with Crippen LogP contribution in [0.5, 0.6) is 0 Å². The number of alkyl halides is 3. The average Bonchev–Trinajstić information content (AvgIpc) is 2.64. The first kappa shape index (κ1) is 11.6. The van der Waals surface area contributed by atoms with Gasteiger partial charge in [-0.2, -0.15) is 18.2 Å². The number of aryl methyl sites for hydroxylation is 2. The van der Waals surface area contributed by atoms with Crippen LogP contribution in [0.3, 0.4) is 0 Å². The average molecular weight is 242 g/mol. The topological polar surface area (TPSA) is 38.9 Å². The maximum Gasteiger partial charge on any atom is 0.416 e. The first-order valence-electron chi connectivity index (χ1n) is 4.86. The minimum absolute atomic E-state index is 0.0907. The van der Waals surface area contributed by atoms with Crippen LogP contribution >= 0.6 is 0 Å². The van der Waals surface area contributed by atoms with E-state index < -0.39 is 11.7 Å². The molecule has 3 nitrogen and oxygen atoms in total. The first-order valence-corrected chi connectivity index (χ1v) is 4.86. The van der Waals surface area contributed by atoms with Gasteiger partial charge in [0, 0.05) is 5.56 Å². The van der Waals surface area contributed by atoms with E-state index in [1.165, 1.54) is 19.1 Å². The van der Waals surface area contributed by atoms with Crippen molar-refractivity contribution in [1.82, 2.24) is 10.1 Å². The third-order valence-corrected chi connectivity index (χ3v) is 2.32. The van der Waals surface area contributed by atoms with Gasteiger partial charge in [0.15, 0.2) is 5.82 Å². The van der Waals surface area contributed by atoms with Crippen LogP contribution in [-0.4, -0.2) is 10.1 Å². The summed E-state index contributed by atoms with van der Waals surface area (Å²) < 4.78 is 42.9. The highest BCUT2D eigenvalue weighted by molar-refractivity contribution is 5.56. The zero-order valence-corrected chi connectivity index (χ0v) is 9.17. The molecule has 0 aliphatic rings. The lowest BCUT2D eigenvalue weighted by Crippen LogP contribution is -2.07. The third kappa shape index (κ3) is 2.30. The summed E-state index contributed by atoms with van der Waals surface area (Å²) in [4.78, 5) is 3.89. The summed E-state index contributed by atoms with van der Waals surface area (Å²) in [6.45, 7) is 3.01. The molecule has 0 atom stereocenters. The van der Waals surface area contributed by atoms with Gasteiger partial charge in [-0.05, 0) is 31.5 Å². The van der Waals surface area contributed by atoms with Crippen molar-refractivity contribution >= 4 is 0 Å². The molecule has 0 aliphatic heterocycles. The minimum Gasteiger partial charge on any atom is -0.334 e. The predicted molar refractivity (Wildman–Crippen MR) is 54.2 cm³/mol. The van der Waals surface area contributed by atoms with Crippen molar-refractivity contribution in [3.8, 4) is 11.5 Å². The van der Waals surface area contributed by atoms with Gasteiger partial charge in [0.2, 0.25) is 0 Å². The molecule has 0 radical (unpaired) electrons. The van der Waals surface area contributed by atoms with Crippen LogP contribution in [0, 0.1) is 13.8 Å². The van der Waals surface area contributed by atoms with E-state index in [-0.39, 0.29) is 17.0 Å². The van der Waals surface area contributed by atoms with E-state index in [2.05, 4.69) is 10.1 Å². The highest BCUT2D eigenvalue weighted by atomic mass is 19.4. The van der Waals surface area contributed by atoms with Gasteiger partial charge in [-0.3, -0.25) is 0 Å². The van der Waals surface area contributed by atoms with Crippen molar-refractivity contribution < 1.29 is 17.7 Å². The molecule has 2 rings (SSSR count). The van der Waals surface area contributed by atoms with E-state index in [9.17, 15) is 13.2 Å². The van der Waals surface area contributed by atoms with E-state index in [0.717, 1.165) is 6.07 Å². The number of rotatable bonds is 1. The Hall–Kier alpha value is -1.85. The Kier molecular flexibility index (Phi) is 2.65. The molecule has 0 aliphatic carbocycles. The van der Waals surface area contributed by atoms with Crippen molar-refractivity contribution in [2.45, 2.75) is 20.0 Å². The minimum atomic E-state index is -4.38. The molecule has 0 saturated carbocycles. The molecule has 1 aromatic carbocycles. The van der Waals surface area contributed by atoms with Gasteiger partial charge in [0.05, 0.1) is 5.56 Å². The Balaban J connectivity index is 2.51. The second kappa shape index (κ2) is 3.87. The fourth-order valence-electron chi connectivity index (χ4n) is 1.47. The maximum atomic E-state index is 12.7. The van der Waals surface area contributed by atoms with E-state index in [1.54, 1.807) is 6.92 Å². The molecule has 0 spiro atoms. The SMILES string of the molecule is Cc1noc(-c2ccc(C)c(C(F)(F)F)c2)n1. The van der Waals surface area contributed by atoms with Gasteiger partial charge in [0.25, 0.3) is 5.89 Å². The fourth-order valence-corrected chi connectivity index (χ4v) is 1.47. The lowest BCUT2D eigenvalue weighted by Gasteiger charge is -2.10. The van der Waals surface area contributed by atoms with Crippen LogP contribution in [0.25, 0.3) is 11.5 Å². The van der Waals surface area contributed by atoms with E-state index in [1.807, 2.05) is 0 Å². The van der Waals surface area contributed by atoms with Crippen LogP contribution in [0.1, 0.15) is 17.0 Å². The quantitative estimate of drug-likeness (QED) is 0.769. The van der Waals surface area contributed by atoms with Gasteiger partial charge in [-0.25, -0.2) is 0 Å². The zero-order chi connectivity index (χ0) is 12.6. The monoisotopic (exact) mass is 242 g/mol. The van der Waals surface area contributed by atoms with Gasteiger partial charge in [-0.1, -0.05) is 11.2 Å². The standard InChI is InChI=1S/C11H9F3N2O/c1-6-3-4-8(5-9(6)11(12,13)14)10-15-7(2)16-17-10/h3-5H,1-2H3. The fraction of sp³-hybridized carbons (Fsp3) is 0.273. The molecular weight excluding hydrogens is 233 g/mol. The molecule has 90 valence electrons. The molecule has 6 heteroatoms. The summed E-state index contributed by atoms with van der Waals surface area (Å²) in [6, 6.07) is 3.93. The molecular formula is C11H9F3N2O. The molecule has 0 bridgehead atoms. The molecule has 0 fully saturated rings. The predicted octanol–water partition coefficient (Wildman–Crippen LogP) is 3.37. The normalized spacial score (nSPS) is 11.8. The Morgan fingerprint density at radius 3 is 2.41 bits per heavy atom.